The third-order valence-electron chi connectivity index (χ3n) is 4.77. The van der Waals surface area contributed by atoms with Crippen molar-refractivity contribution in [3.63, 3.8) is 0 Å². The largest absolute Gasteiger partial charge is 0.494 e. The first-order valence-corrected chi connectivity index (χ1v) is 9.71. The quantitative estimate of drug-likeness (QED) is 0.519. The highest BCUT2D eigenvalue weighted by Gasteiger charge is 2.14. The minimum Gasteiger partial charge on any atom is -0.494 e. The van der Waals surface area contributed by atoms with Crippen molar-refractivity contribution in [1.29, 1.82) is 0 Å². The Balaban J connectivity index is 1.59. The second kappa shape index (κ2) is 8.71. The van der Waals surface area contributed by atoms with Gasteiger partial charge >= 0.3 is 0 Å². The van der Waals surface area contributed by atoms with E-state index in [1.165, 1.54) is 11.7 Å². The van der Waals surface area contributed by atoms with Crippen molar-refractivity contribution in [2.45, 2.75) is 6.92 Å². The van der Waals surface area contributed by atoms with Crippen LogP contribution >= 0.6 is 0 Å². The van der Waals surface area contributed by atoms with E-state index in [1.807, 2.05) is 36.4 Å². The number of nitrogens with zero attached hydrogens (tertiary/aromatic N) is 2. The van der Waals surface area contributed by atoms with Crippen LogP contribution in [0.4, 0.5) is 5.69 Å². The Morgan fingerprint density at radius 1 is 1.03 bits per heavy atom. The van der Waals surface area contributed by atoms with E-state index < -0.39 is 0 Å². The molecule has 1 amide bonds. The van der Waals surface area contributed by atoms with E-state index in [1.54, 1.807) is 43.3 Å². The van der Waals surface area contributed by atoms with E-state index >= 15 is 0 Å². The number of benzene rings is 3. The van der Waals surface area contributed by atoms with Crippen LogP contribution in [0.3, 0.4) is 0 Å². The predicted molar refractivity (Wildman–Crippen MR) is 119 cm³/mol. The minimum atomic E-state index is -0.323. The summed E-state index contributed by atoms with van der Waals surface area (Å²) in [5, 5.41) is 3.31. The van der Waals surface area contributed by atoms with Crippen LogP contribution in [0.1, 0.15) is 5.82 Å². The molecule has 0 unspecified atom stereocenters. The van der Waals surface area contributed by atoms with Gasteiger partial charge in [-0.25, -0.2) is 4.98 Å². The lowest BCUT2D eigenvalue weighted by Gasteiger charge is -2.15. The number of carbonyl (C=O) groups excluding carboxylic acids is 1. The third-order valence-corrected chi connectivity index (χ3v) is 4.77. The lowest BCUT2D eigenvalue weighted by molar-refractivity contribution is -0.118. The summed E-state index contributed by atoms with van der Waals surface area (Å²) in [4.78, 5) is 29.9. The molecule has 0 saturated carbocycles. The number of rotatable bonds is 6. The molecule has 3 aromatic carbocycles. The zero-order valence-corrected chi connectivity index (χ0v) is 17.2. The Labute approximate surface area is 178 Å². The van der Waals surface area contributed by atoms with E-state index in [9.17, 15) is 9.59 Å². The Bertz CT molecular complexity index is 1300. The average Bonchev–Trinajstić information content (AvgIpc) is 2.79. The number of anilines is 1. The molecule has 0 atom stereocenters. The highest BCUT2D eigenvalue weighted by molar-refractivity contribution is 5.93. The molecule has 4 rings (SSSR count). The van der Waals surface area contributed by atoms with Crippen molar-refractivity contribution >= 4 is 22.5 Å². The zero-order chi connectivity index (χ0) is 21.8. The van der Waals surface area contributed by atoms with Gasteiger partial charge in [0.2, 0.25) is 0 Å². The normalized spacial score (nSPS) is 10.6. The molecule has 1 heterocycles. The van der Waals surface area contributed by atoms with Crippen LogP contribution in [0.5, 0.6) is 11.5 Å². The monoisotopic (exact) mass is 415 g/mol. The van der Waals surface area contributed by atoms with Gasteiger partial charge in [-0.05, 0) is 43.3 Å². The molecule has 0 bridgehead atoms. The minimum absolute atomic E-state index is 0.137. The topological polar surface area (TPSA) is 82.5 Å². The first kappa shape index (κ1) is 20.2. The molecule has 1 aromatic heterocycles. The molecular weight excluding hydrogens is 394 g/mol. The van der Waals surface area contributed by atoms with Gasteiger partial charge in [0.05, 0.1) is 29.4 Å². The van der Waals surface area contributed by atoms with Gasteiger partial charge in [0.1, 0.15) is 17.3 Å². The predicted octanol–water partition coefficient (Wildman–Crippen LogP) is 3.72. The Hall–Kier alpha value is -4.13. The molecule has 0 saturated heterocycles. The number of para-hydroxylation sites is 2. The first-order chi connectivity index (χ1) is 15.1. The lowest BCUT2D eigenvalue weighted by atomic mass is 10.2. The van der Waals surface area contributed by atoms with Gasteiger partial charge in [0, 0.05) is 6.07 Å². The molecular formula is C24H21N3O4. The van der Waals surface area contributed by atoms with Crippen LogP contribution in [0, 0.1) is 6.92 Å². The van der Waals surface area contributed by atoms with E-state index in [0.29, 0.717) is 39.6 Å². The molecule has 1 N–H and O–H groups in total. The van der Waals surface area contributed by atoms with Crippen molar-refractivity contribution in [1.82, 2.24) is 9.55 Å². The van der Waals surface area contributed by atoms with Gasteiger partial charge in [-0.15, -0.1) is 0 Å². The Morgan fingerprint density at radius 3 is 2.55 bits per heavy atom. The summed E-state index contributed by atoms with van der Waals surface area (Å²) in [5.41, 5.74) is 1.55. The summed E-state index contributed by atoms with van der Waals surface area (Å²) in [6, 6.07) is 21.4. The van der Waals surface area contributed by atoms with Gasteiger partial charge in [0.25, 0.3) is 11.5 Å². The molecule has 0 radical (unpaired) electrons. The number of amides is 1. The van der Waals surface area contributed by atoms with Crippen LogP contribution in [-0.2, 0) is 4.79 Å². The molecule has 0 aliphatic rings. The SMILES string of the molecule is COc1cc(-n2c(C)nc3ccccc3c2=O)ccc1NC(=O)COc1ccccc1. The lowest BCUT2D eigenvalue weighted by Crippen LogP contribution is -2.23. The average molecular weight is 415 g/mol. The molecule has 31 heavy (non-hydrogen) atoms. The molecule has 0 spiro atoms. The van der Waals surface area contributed by atoms with Crippen LogP contribution in [0.15, 0.2) is 77.6 Å². The molecule has 7 nitrogen and oxygen atoms in total. The molecule has 7 heteroatoms. The highest BCUT2D eigenvalue weighted by Crippen LogP contribution is 2.27. The molecule has 0 aliphatic heterocycles. The fourth-order valence-electron chi connectivity index (χ4n) is 3.32. The number of aryl methyl sites for hydroxylation is 1. The maximum absolute atomic E-state index is 13.0. The fourth-order valence-corrected chi connectivity index (χ4v) is 3.32. The van der Waals surface area contributed by atoms with Gasteiger partial charge in [-0.1, -0.05) is 30.3 Å². The van der Waals surface area contributed by atoms with Crippen molar-refractivity contribution in [3.8, 4) is 17.2 Å². The van der Waals surface area contributed by atoms with Gasteiger partial charge in [0.15, 0.2) is 6.61 Å². The number of aromatic nitrogens is 2. The highest BCUT2D eigenvalue weighted by atomic mass is 16.5. The van der Waals surface area contributed by atoms with E-state index in [0.717, 1.165) is 0 Å². The van der Waals surface area contributed by atoms with Crippen LogP contribution in [-0.4, -0.2) is 29.2 Å². The maximum atomic E-state index is 13.0. The van der Waals surface area contributed by atoms with Crippen LogP contribution in [0.25, 0.3) is 16.6 Å². The molecule has 0 aliphatic carbocycles. The van der Waals surface area contributed by atoms with E-state index in [2.05, 4.69) is 10.3 Å². The number of hydrogen-bond acceptors (Lipinski definition) is 5. The van der Waals surface area contributed by atoms with Crippen molar-refractivity contribution in [2.75, 3.05) is 19.0 Å². The summed E-state index contributed by atoms with van der Waals surface area (Å²) in [6.07, 6.45) is 0. The molecule has 0 fully saturated rings. The standard InChI is InChI=1S/C24H21N3O4/c1-16-25-20-11-7-6-10-19(20)24(29)27(16)17-12-13-21(22(14-17)30-2)26-23(28)15-31-18-8-4-3-5-9-18/h3-14H,15H2,1-2H3,(H,26,28). The molecule has 156 valence electrons. The summed E-state index contributed by atoms with van der Waals surface area (Å²) in [7, 11) is 1.50. The Kier molecular flexibility index (Phi) is 5.66. The van der Waals surface area contributed by atoms with Crippen LogP contribution in [0.2, 0.25) is 0 Å². The van der Waals surface area contributed by atoms with E-state index in [-0.39, 0.29) is 18.1 Å². The van der Waals surface area contributed by atoms with Crippen molar-refractivity contribution in [3.05, 3.63) is 89.0 Å². The van der Waals surface area contributed by atoms with Gasteiger partial charge in [-0.2, -0.15) is 0 Å². The number of carbonyl (C=O) groups is 1. The molecule has 4 aromatic rings. The number of hydrogen-bond donors (Lipinski definition) is 1. The third kappa shape index (κ3) is 4.25. The van der Waals surface area contributed by atoms with Crippen molar-refractivity contribution in [2.24, 2.45) is 0 Å². The first-order valence-electron chi connectivity index (χ1n) is 9.71. The summed E-state index contributed by atoms with van der Waals surface area (Å²) in [6.45, 7) is 1.64. The maximum Gasteiger partial charge on any atom is 0.265 e. The van der Waals surface area contributed by atoms with Gasteiger partial charge < -0.3 is 14.8 Å². The van der Waals surface area contributed by atoms with E-state index in [4.69, 9.17) is 9.47 Å². The number of fused-ring (bicyclic) bond motifs is 1. The number of ether oxygens (including phenoxy) is 2. The summed E-state index contributed by atoms with van der Waals surface area (Å²) in [5.74, 6) is 1.26. The van der Waals surface area contributed by atoms with Gasteiger partial charge in [-0.3, -0.25) is 14.2 Å². The van der Waals surface area contributed by atoms with Crippen molar-refractivity contribution < 1.29 is 14.3 Å². The number of nitrogens with one attached hydrogen (secondary N) is 1. The Morgan fingerprint density at radius 2 is 1.77 bits per heavy atom. The summed E-state index contributed by atoms with van der Waals surface area (Å²) < 4.78 is 12.4. The second-order valence-electron chi connectivity index (χ2n) is 6.85. The van der Waals surface area contributed by atoms with Crippen LogP contribution < -0.4 is 20.3 Å². The number of methoxy groups -OCH3 is 1. The summed E-state index contributed by atoms with van der Waals surface area (Å²) >= 11 is 0. The smallest absolute Gasteiger partial charge is 0.265 e. The fraction of sp³-hybridized carbons (Fsp3) is 0.125. The zero-order valence-electron chi connectivity index (χ0n) is 17.2. The second-order valence-corrected chi connectivity index (χ2v) is 6.85.